The Morgan fingerprint density at radius 2 is 1.82 bits per heavy atom. The second-order valence-electron chi connectivity index (χ2n) is 2.74. The van der Waals surface area contributed by atoms with Crippen LogP contribution in [0.2, 0.25) is 0 Å². The van der Waals surface area contributed by atoms with E-state index < -0.39 is 0 Å². The van der Waals surface area contributed by atoms with Crippen molar-refractivity contribution in [1.29, 1.82) is 0 Å². The molecule has 1 saturated carbocycles. The molecule has 0 atom stereocenters. The van der Waals surface area contributed by atoms with E-state index in [1.165, 1.54) is 15.7 Å². The molecule has 1 saturated heterocycles. The summed E-state index contributed by atoms with van der Waals surface area (Å²) in [6.45, 7) is 0. The summed E-state index contributed by atoms with van der Waals surface area (Å²) in [6, 6.07) is 0. The van der Waals surface area contributed by atoms with Gasteiger partial charge >= 0.3 is 0 Å². The molecule has 0 amide bonds. The lowest BCUT2D eigenvalue weighted by molar-refractivity contribution is -0.114. The van der Waals surface area contributed by atoms with Gasteiger partial charge in [-0.2, -0.15) is 0 Å². The van der Waals surface area contributed by atoms with Gasteiger partial charge in [-0.05, 0) is 12.8 Å². The topological polar surface area (TPSA) is 17.1 Å². The normalized spacial score (nSPS) is 25.3. The molecule has 60 valence electrons. The van der Waals surface area contributed by atoms with E-state index >= 15 is 0 Å². The van der Waals surface area contributed by atoms with Crippen molar-refractivity contribution in [3.05, 3.63) is 9.81 Å². The molecule has 3 heteroatoms. The Bertz CT molecular complexity index is 212. The lowest BCUT2D eigenvalue weighted by Gasteiger charge is -1.97. The van der Waals surface area contributed by atoms with Gasteiger partial charge in [0.05, 0.1) is 0 Å². The predicted octanol–water partition coefficient (Wildman–Crippen LogP) is 2.43. The largest absolute Gasteiger partial charge is 0.294 e. The third-order valence-corrected chi connectivity index (χ3v) is 4.76. The van der Waals surface area contributed by atoms with E-state index in [9.17, 15) is 4.79 Å². The van der Waals surface area contributed by atoms with E-state index in [1.54, 1.807) is 0 Å². The van der Waals surface area contributed by atoms with Crippen LogP contribution in [0.5, 0.6) is 0 Å². The monoisotopic (exact) mass is 186 g/mol. The van der Waals surface area contributed by atoms with Crippen molar-refractivity contribution < 1.29 is 4.79 Å². The molecule has 0 spiro atoms. The van der Waals surface area contributed by atoms with Crippen molar-refractivity contribution >= 4 is 29.3 Å². The highest BCUT2D eigenvalue weighted by Crippen LogP contribution is 2.42. The molecular weight excluding hydrogens is 176 g/mol. The number of carbonyl (C=O) groups excluding carboxylic acids is 1. The summed E-state index contributed by atoms with van der Waals surface area (Å²) < 4.78 is 1.33. The molecule has 1 heterocycles. The van der Waals surface area contributed by atoms with Crippen molar-refractivity contribution in [2.75, 3.05) is 11.5 Å². The number of hydrogen-bond acceptors (Lipinski definition) is 3. The van der Waals surface area contributed by atoms with Crippen molar-refractivity contribution in [2.24, 2.45) is 0 Å². The minimum Gasteiger partial charge on any atom is -0.294 e. The first-order valence-electron chi connectivity index (χ1n) is 3.90. The fourth-order valence-corrected chi connectivity index (χ4v) is 4.07. The highest BCUT2D eigenvalue weighted by atomic mass is 32.2. The quantitative estimate of drug-likeness (QED) is 0.541. The summed E-state index contributed by atoms with van der Waals surface area (Å²) in [5.74, 6) is 2.79. The molecule has 1 nitrogen and oxygen atoms in total. The molecule has 0 N–H and O–H groups in total. The second-order valence-corrected chi connectivity index (χ2v) is 5.21. The Labute approximate surface area is 75.0 Å². The minimum absolute atomic E-state index is 0.405. The third-order valence-electron chi connectivity index (χ3n) is 1.96. The van der Waals surface area contributed by atoms with Crippen LogP contribution in [0.25, 0.3) is 0 Å². The summed E-state index contributed by atoms with van der Waals surface area (Å²) in [5.41, 5.74) is 1.14. The van der Waals surface area contributed by atoms with Crippen LogP contribution in [-0.4, -0.2) is 17.3 Å². The van der Waals surface area contributed by atoms with Crippen LogP contribution in [0, 0.1) is 0 Å². The third kappa shape index (κ3) is 1.49. The van der Waals surface area contributed by atoms with Gasteiger partial charge in [0.15, 0.2) is 5.78 Å². The van der Waals surface area contributed by atoms with Crippen molar-refractivity contribution in [3.63, 3.8) is 0 Å². The van der Waals surface area contributed by atoms with Gasteiger partial charge in [0.1, 0.15) is 0 Å². The highest BCUT2D eigenvalue weighted by molar-refractivity contribution is 8.25. The standard InChI is InChI=1S/C8H10OS2/c9-7-3-1-2-6(7)8-10-4-5-11-8/h1-5H2. The Kier molecular flexibility index (Phi) is 2.28. The summed E-state index contributed by atoms with van der Waals surface area (Å²) in [7, 11) is 0. The molecule has 1 aliphatic carbocycles. The predicted molar refractivity (Wildman–Crippen MR) is 50.8 cm³/mol. The second kappa shape index (κ2) is 3.23. The molecule has 1 aliphatic heterocycles. The average Bonchev–Trinajstić information content (AvgIpc) is 2.55. The van der Waals surface area contributed by atoms with Crippen LogP contribution in [-0.2, 0) is 4.79 Å². The van der Waals surface area contributed by atoms with Gasteiger partial charge in [0.2, 0.25) is 0 Å². The van der Waals surface area contributed by atoms with Gasteiger partial charge in [-0.1, -0.05) is 0 Å². The first kappa shape index (κ1) is 7.74. The fourth-order valence-electron chi connectivity index (χ4n) is 1.42. The number of Topliss-reactive ketones (excluding diaryl/α,β-unsaturated/α-hetero) is 1. The van der Waals surface area contributed by atoms with Gasteiger partial charge in [-0.3, -0.25) is 4.79 Å². The summed E-state index contributed by atoms with van der Waals surface area (Å²) in [5, 5.41) is 0. The molecular formula is C8H10OS2. The maximum absolute atomic E-state index is 11.3. The average molecular weight is 186 g/mol. The van der Waals surface area contributed by atoms with Gasteiger partial charge in [0.25, 0.3) is 0 Å². The smallest absolute Gasteiger partial charge is 0.160 e. The van der Waals surface area contributed by atoms with Gasteiger partial charge in [-0.15, -0.1) is 23.5 Å². The van der Waals surface area contributed by atoms with Crippen molar-refractivity contribution in [1.82, 2.24) is 0 Å². The van der Waals surface area contributed by atoms with Gasteiger partial charge in [-0.25, -0.2) is 0 Å². The van der Waals surface area contributed by atoms with Crippen LogP contribution in [0.15, 0.2) is 9.81 Å². The van der Waals surface area contributed by atoms with Gasteiger partial charge < -0.3 is 0 Å². The zero-order valence-corrected chi connectivity index (χ0v) is 7.89. The Morgan fingerprint density at radius 1 is 1.09 bits per heavy atom. The van der Waals surface area contributed by atoms with E-state index in [2.05, 4.69) is 0 Å². The van der Waals surface area contributed by atoms with Gasteiger partial charge in [0, 0.05) is 27.7 Å². The number of rotatable bonds is 0. The molecule has 0 radical (unpaired) electrons. The highest BCUT2D eigenvalue weighted by Gasteiger charge is 2.23. The lowest BCUT2D eigenvalue weighted by atomic mass is 10.2. The molecule has 2 fully saturated rings. The number of carbonyl (C=O) groups is 1. The molecule has 0 aromatic heterocycles. The summed E-state index contributed by atoms with van der Waals surface area (Å²) in [6.07, 6.45) is 2.91. The van der Waals surface area contributed by atoms with Crippen molar-refractivity contribution in [2.45, 2.75) is 19.3 Å². The Balaban J connectivity index is 2.23. The molecule has 2 rings (SSSR count). The summed E-state index contributed by atoms with van der Waals surface area (Å²) >= 11 is 3.73. The maximum Gasteiger partial charge on any atom is 0.160 e. The Morgan fingerprint density at radius 3 is 2.36 bits per heavy atom. The van der Waals surface area contributed by atoms with Crippen LogP contribution < -0.4 is 0 Å². The number of ketones is 1. The zero-order valence-electron chi connectivity index (χ0n) is 6.26. The maximum atomic E-state index is 11.3. The number of hydrogen-bond donors (Lipinski definition) is 0. The van der Waals surface area contributed by atoms with Crippen LogP contribution in [0.1, 0.15) is 19.3 Å². The van der Waals surface area contributed by atoms with Crippen LogP contribution >= 0.6 is 23.5 Å². The molecule has 0 bridgehead atoms. The van der Waals surface area contributed by atoms with E-state index in [4.69, 9.17) is 0 Å². The molecule has 0 aromatic rings. The summed E-state index contributed by atoms with van der Waals surface area (Å²) in [4.78, 5) is 11.3. The van der Waals surface area contributed by atoms with Crippen LogP contribution in [0.4, 0.5) is 0 Å². The molecule has 2 aliphatic rings. The number of allylic oxidation sites excluding steroid dienone is 1. The van der Waals surface area contributed by atoms with E-state index in [0.717, 1.165) is 24.8 Å². The zero-order chi connectivity index (χ0) is 7.68. The SMILES string of the molecule is O=C1CCCC1=C1SCCS1. The first-order valence-corrected chi connectivity index (χ1v) is 5.87. The Hall–Kier alpha value is 0.110. The van der Waals surface area contributed by atoms with E-state index in [0.29, 0.717) is 5.78 Å². The van der Waals surface area contributed by atoms with E-state index in [1.807, 2.05) is 23.5 Å². The number of thioether (sulfide) groups is 2. The fraction of sp³-hybridized carbons (Fsp3) is 0.625. The molecule has 11 heavy (non-hydrogen) atoms. The molecule has 0 unspecified atom stereocenters. The minimum atomic E-state index is 0.405. The molecule has 0 aromatic carbocycles. The lowest BCUT2D eigenvalue weighted by Crippen LogP contribution is -1.92. The van der Waals surface area contributed by atoms with E-state index in [-0.39, 0.29) is 0 Å². The van der Waals surface area contributed by atoms with Crippen LogP contribution in [0.3, 0.4) is 0 Å². The first-order chi connectivity index (χ1) is 5.38. The van der Waals surface area contributed by atoms with Crippen molar-refractivity contribution in [3.8, 4) is 0 Å².